The molecule has 2 aromatic rings. The minimum absolute atomic E-state index is 0.180. The van der Waals surface area contributed by atoms with Gasteiger partial charge in [-0.3, -0.25) is 4.79 Å². The molecule has 4 rings (SSSR count). The second-order valence-corrected chi connectivity index (χ2v) is 11.0. The molecule has 1 saturated heterocycles. The third-order valence-corrected chi connectivity index (χ3v) is 7.30. The Morgan fingerprint density at radius 1 is 1.15 bits per heavy atom. The van der Waals surface area contributed by atoms with Gasteiger partial charge in [-0.1, -0.05) is 34.1 Å². The first kappa shape index (κ1) is 23.8. The summed E-state index contributed by atoms with van der Waals surface area (Å²) in [4.78, 5) is 36.0. The standard InChI is InChI=1S/C25H39N7O/c1-7-8-16-13-17(31(5)6)9-10-20(16)32-12-11-18(23(32)33)29-22-21-19(27-15-28-22)14-26-24(30-21)25(2,3)4/h14-18,20H,7-13H2,1-6H3,(H,27,28,29)/t16-,17+,18-,20-/m0/s1. The van der Waals surface area contributed by atoms with Crippen LogP contribution in [-0.2, 0) is 10.2 Å². The molecule has 8 nitrogen and oxygen atoms in total. The highest BCUT2D eigenvalue weighted by Crippen LogP contribution is 2.36. The summed E-state index contributed by atoms with van der Waals surface area (Å²) < 4.78 is 0. The first-order valence-electron chi connectivity index (χ1n) is 12.4. The van der Waals surface area contributed by atoms with E-state index in [1.807, 2.05) is 0 Å². The van der Waals surface area contributed by atoms with Crippen LogP contribution in [0.2, 0.25) is 0 Å². The molecular weight excluding hydrogens is 414 g/mol. The monoisotopic (exact) mass is 453 g/mol. The Labute approximate surface area is 197 Å². The van der Waals surface area contributed by atoms with Crippen molar-refractivity contribution < 1.29 is 4.79 Å². The maximum Gasteiger partial charge on any atom is 0.245 e. The minimum Gasteiger partial charge on any atom is -0.356 e. The molecule has 3 heterocycles. The molecule has 1 amide bonds. The van der Waals surface area contributed by atoms with Gasteiger partial charge in [-0.05, 0) is 52.1 Å². The van der Waals surface area contributed by atoms with Crippen LogP contribution >= 0.6 is 0 Å². The molecular formula is C25H39N7O. The third kappa shape index (κ3) is 4.95. The maximum atomic E-state index is 13.5. The molecule has 2 aliphatic rings. The predicted octanol–water partition coefficient (Wildman–Crippen LogP) is 3.63. The van der Waals surface area contributed by atoms with Gasteiger partial charge in [-0.15, -0.1) is 0 Å². The molecule has 4 atom stereocenters. The summed E-state index contributed by atoms with van der Waals surface area (Å²) in [6.45, 7) is 9.31. The van der Waals surface area contributed by atoms with Gasteiger partial charge >= 0.3 is 0 Å². The van der Waals surface area contributed by atoms with Gasteiger partial charge in [-0.25, -0.2) is 19.9 Å². The van der Waals surface area contributed by atoms with E-state index in [1.165, 1.54) is 19.2 Å². The van der Waals surface area contributed by atoms with Gasteiger partial charge in [0.2, 0.25) is 5.91 Å². The summed E-state index contributed by atoms with van der Waals surface area (Å²) in [5.41, 5.74) is 1.19. The van der Waals surface area contributed by atoms with Crippen LogP contribution in [0.15, 0.2) is 12.5 Å². The minimum atomic E-state index is -0.273. The summed E-state index contributed by atoms with van der Waals surface area (Å²) >= 11 is 0. The highest BCUT2D eigenvalue weighted by atomic mass is 16.2. The number of fused-ring (bicyclic) bond motifs is 1. The SMILES string of the molecule is CCC[C@H]1C[C@H](N(C)C)CC[C@@H]1N1CC[C@H](Nc2ncnc3cnc(C(C)(C)C)nc23)C1=O. The summed E-state index contributed by atoms with van der Waals surface area (Å²) in [7, 11) is 4.35. The van der Waals surface area contributed by atoms with Crippen molar-refractivity contribution in [1.82, 2.24) is 29.7 Å². The largest absolute Gasteiger partial charge is 0.356 e. The first-order chi connectivity index (χ1) is 15.7. The van der Waals surface area contributed by atoms with Crippen LogP contribution in [0.4, 0.5) is 5.82 Å². The summed E-state index contributed by atoms with van der Waals surface area (Å²) in [6.07, 6.45) is 9.81. The lowest BCUT2D eigenvalue weighted by atomic mass is 9.78. The van der Waals surface area contributed by atoms with Crippen LogP contribution in [0.25, 0.3) is 11.0 Å². The molecule has 1 aliphatic carbocycles. The number of likely N-dealkylation sites (tertiary alicyclic amines) is 1. The average molecular weight is 454 g/mol. The van der Waals surface area contributed by atoms with Gasteiger partial charge in [0.15, 0.2) is 5.82 Å². The average Bonchev–Trinajstić information content (AvgIpc) is 3.13. The molecule has 1 saturated carbocycles. The van der Waals surface area contributed by atoms with E-state index in [9.17, 15) is 4.79 Å². The molecule has 0 aromatic carbocycles. The Morgan fingerprint density at radius 2 is 1.94 bits per heavy atom. The van der Waals surface area contributed by atoms with Gasteiger partial charge in [0.25, 0.3) is 0 Å². The van der Waals surface area contributed by atoms with Crippen LogP contribution < -0.4 is 5.32 Å². The van der Waals surface area contributed by atoms with Crippen LogP contribution in [0.1, 0.15) is 72.0 Å². The molecule has 0 unspecified atom stereocenters. The van der Waals surface area contributed by atoms with E-state index in [2.05, 4.69) is 71.9 Å². The van der Waals surface area contributed by atoms with Crippen LogP contribution in [0.3, 0.4) is 0 Å². The number of amides is 1. The van der Waals surface area contributed by atoms with Crippen molar-refractivity contribution in [3.05, 3.63) is 18.3 Å². The molecule has 8 heteroatoms. The Morgan fingerprint density at radius 3 is 2.64 bits per heavy atom. The van der Waals surface area contributed by atoms with Gasteiger partial charge < -0.3 is 15.1 Å². The lowest BCUT2D eigenvalue weighted by Gasteiger charge is -2.43. The lowest BCUT2D eigenvalue weighted by Crippen LogP contribution is -2.49. The van der Waals surface area contributed by atoms with Crippen molar-refractivity contribution in [3.8, 4) is 0 Å². The highest BCUT2D eigenvalue weighted by Gasteiger charge is 2.41. The molecule has 2 aromatic heterocycles. The molecule has 0 bridgehead atoms. The predicted molar refractivity (Wildman–Crippen MR) is 131 cm³/mol. The van der Waals surface area contributed by atoms with Crippen molar-refractivity contribution in [3.63, 3.8) is 0 Å². The van der Waals surface area contributed by atoms with Crippen molar-refractivity contribution >= 4 is 22.8 Å². The fourth-order valence-electron chi connectivity index (χ4n) is 5.43. The van der Waals surface area contributed by atoms with E-state index in [1.54, 1.807) is 6.20 Å². The Bertz CT molecular complexity index is 986. The summed E-state index contributed by atoms with van der Waals surface area (Å²) in [5, 5.41) is 3.41. The summed E-state index contributed by atoms with van der Waals surface area (Å²) in [5.74, 6) is 2.13. The number of aromatic nitrogens is 4. The number of hydrogen-bond donors (Lipinski definition) is 1. The number of carbonyl (C=O) groups is 1. The van der Waals surface area contributed by atoms with E-state index in [-0.39, 0.29) is 17.4 Å². The Hall–Kier alpha value is -2.35. The van der Waals surface area contributed by atoms with Crippen molar-refractivity contribution in [2.24, 2.45) is 5.92 Å². The molecule has 180 valence electrons. The van der Waals surface area contributed by atoms with Crippen molar-refractivity contribution in [1.29, 1.82) is 0 Å². The van der Waals surface area contributed by atoms with Crippen LogP contribution in [0.5, 0.6) is 0 Å². The number of anilines is 1. The fraction of sp³-hybridized carbons (Fsp3) is 0.720. The molecule has 0 radical (unpaired) electrons. The number of rotatable bonds is 6. The van der Waals surface area contributed by atoms with Gasteiger partial charge in [-0.2, -0.15) is 0 Å². The number of nitrogens with zero attached hydrogens (tertiary/aromatic N) is 6. The number of nitrogens with one attached hydrogen (secondary N) is 1. The summed E-state index contributed by atoms with van der Waals surface area (Å²) in [6, 6.07) is 0.691. The topological polar surface area (TPSA) is 87.1 Å². The normalized spacial score (nSPS) is 26.4. The van der Waals surface area contributed by atoms with E-state index in [0.29, 0.717) is 34.9 Å². The van der Waals surface area contributed by atoms with Crippen molar-refractivity contribution in [2.75, 3.05) is 26.0 Å². The Balaban J connectivity index is 1.52. The van der Waals surface area contributed by atoms with E-state index in [4.69, 9.17) is 4.98 Å². The molecule has 2 fully saturated rings. The molecule has 1 N–H and O–H groups in total. The second-order valence-electron chi connectivity index (χ2n) is 11.0. The highest BCUT2D eigenvalue weighted by molar-refractivity contribution is 5.90. The zero-order valence-electron chi connectivity index (χ0n) is 21.0. The number of hydrogen-bond acceptors (Lipinski definition) is 7. The quantitative estimate of drug-likeness (QED) is 0.715. The Kier molecular flexibility index (Phi) is 6.84. The van der Waals surface area contributed by atoms with Crippen molar-refractivity contribution in [2.45, 2.75) is 89.8 Å². The van der Waals surface area contributed by atoms with Gasteiger partial charge in [0.1, 0.15) is 29.2 Å². The van der Waals surface area contributed by atoms with E-state index >= 15 is 0 Å². The van der Waals surface area contributed by atoms with E-state index in [0.717, 1.165) is 38.1 Å². The van der Waals surface area contributed by atoms with Gasteiger partial charge in [0, 0.05) is 24.0 Å². The molecule has 33 heavy (non-hydrogen) atoms. The molecule has 1 aliphatic heterocycles. The maximum absolute atomic E-state index is 13.5. The molecule has 0 spiro atoms. The first-order valence-corrected chi connectivity index (χ1v) is 12.4. The third-order valence-electron chi connectivity index (χ3n) is 7.30. The zero-order chi connectivity index (χ0) is 23.8. The van der Waals surface area contributed by atoms with Crippen LogP contribution in [-0.4, -0.2) is 74.4 Å². The van der Waals surface area contributed by atoms with Gasteiger partial charge in [0.05, 0.1) is 6.20 Å². The van der Waals surface area contributed by atoms with Crippen LogP contribution in [0, 0.1) is 5.92 Å². The second kappa shape index (κ2) is 9.49. The lowest BCUT2D eigenvalue weighted by molar-refractivity contribution is -0.132. The zero-order valence-corrected chi connectivity index (χ0v) is 21.0. The fourth-order valence-corrected chi connectivity index (χ4v) is 5.43. The smallest absolute Gasteiger partial charge is 0.245 e. The van der Waals surface area contributed by atoms with E-state index < -0.39 is 0 Å². The number of carbonyl (C=O) groups excluding carboxylic acids is 1.